The molecular weight excluding hydrogens is 364 g/mol. The Hall–Kier alpha value is -3.41. The number of aromatic nitrogens is 1. The second kappa shape index (κ2) is 8.99. The quantitative estimate of drug-likeness (QED) is 0.610. The molecule has 3 rings (SSSR count). The van der Waals surface area contributed by atoms with Crippen LogP contribution in [-0.4, -0.2) is 18.1 Å². The minimum absolute atomic E-state index is 0.0127. The number of anilines is 1. The van der Waals surface area contributed by atoms with Gasteiger partial charge in [-0.05, 0) is 37.6 Å². The first-order valence-electron chi connectivity index (χ1n) is 9.08. The third-order valence-corrected chi connectivity index (χ3v) is 5.42. The largest absolute Gasteiger partial charge is 0.555 e. The van der Waals surface area contributed by atoms with E-state index in [0.29, 0.717) is 4.66 Å². The van der Waals surface area contributed by atoms with Gasteiger partial charge in [-0.1, -0.05) is 42.5 Å². The van der Waals surface area contributed by atoms with Crippen LogP contribution in [0.25, 0.3) is 32.8 Å². The summed E-state index contributed by atoms with van der Waals surface area (Å²) in [5, 5.41) is 0. The van der Waals surface area contributed by atoms with Gasteiger partial charge in [-0.15, -0.1) is 11.3 Å². The Morgan fingerprint density at radius 2 is 1.64 bits per heavy atom. The Morgan fingerprint density at radius 3 is 2.21 bits per heavy atom. The highest BCUT2D eigenvalue weighted by Crippen LogP contribution is 2.17. The van der Waals surface area contributed by atoms with Crippen molar-refractivity contribution in [2.45, 2.75) is 13.8 Å². The fourth-order valence-electron chi connectivity index (χ4n) is 2.97. The number of benzene rings is 2. The number of hydrogen-bond acceptors (Lipinski definition) is 3. The van der Waals surface area contributed by atoms with E-state index in [9.17, 15) is 0 Å². The molecule has 0 fully saturated rings. The average Bonchev–Trinajstić information content (AvgIpc) is 3.15. The average molecular weight is 385 g/mol. The zero-order valence-electron chi connectivity index (χ0n) is 15.9. The highest BCUT2D eigenvalue weighted by Gasteiger charge is 2.12. The van der Waals surface area contributed by atoms with Crippen molar-refractivity contribution in [3.05, 3.63) is 92.2 Å². The highest BCUT2D eigenvalue weighted by molar-refractivity contribution is 7.07. The molecule has 1 aromatic heterocycles. The molecule has 0 N–H and O–H groups in total. The second-order valence-electron chi connectivity index (χ2n) is 6.05. The number of hydrogen-bond donors (Lipinski definition) is 0. The molecule has 0 radical (unpaired) electrons. The molecule has 0 atom stereocenters. The lowest BCUT2D eigenvalue weighted by molar-refractivity contribution is 0.866. The van der Waals surface area contributed by atoms with E-state index in [1.807, 2.05) is 30.3 Å². The molecule has 138 valence electrons. The Balaban J connectivity index is 2.14. The molecule has 28 heavy (non-hydrogen) atoms. The summed E-state index contributed by atoms with van der Waals surface area (Å²) in [6.45, 7) is 20.7. The molecular formula is C23H20N4S. The Labute approximate surface area is 169 Å². The van der Waals surface area contributed by atoms with Crippen LogP contribution in [-0.2, 0) is 0 Å². The van der Waals surface area contributed by atoms with Gasteiger partial charge in [0.25, 0.3) is 0 Å². The number of rotatable bonds is 5. The van der Waals surface area contributed by atoms with Gasteiger partial charge in [-0.3, -0.25) is 0 Å². The van der Waals surface area contributed by atoms with Crippen LogP contribution in [0.4, 0.5) is 5.69 Å². The summed E-state index contributed by atoms with van der Waals surface area (Å²) in [7, 11) is 0. The Morgan fingerprint density at radius 1 is 1.00 bits per heavy atom. The summed E-state index contributed by atoms with van der Waals surface area (Å²) in [5.74, 6) is 0.0127. The zero-order chi connectivity index (χ0) is 19.9. The van der Waals surface area contributed by atoms with E-state index >= 15 is 0 Å². The topological polar surface area (TPSA) is 24.9 Å². The molecule has 0 bridgehead atoms. The van der Waals surface area contributed by atoms with Crippen molar-refractivity contribution >= 4 is 28.9 Å². The van der Waals surface area contributed by atoms with Gasteiger partial charge in [0.15, 0.2) is 0 Å². The lowest BCUT2D eigenvalue weighted by Crippen LogP contribution is -2.21. The van der Waals surface area contributed by atoms with Gasteiger partial charge in [0.2, 0.25) is 4.66 Å². The molecule has 1 heterocycles. The molecule has 0 unspecified atom stereocenters. The van der Waals surface area contributed by atoms with Crippen molar-refractivity contribution in [1.29, 1.82) is 0 Å². The number of nitrogens with zero attached hydrogens (tertiary/aromatic N) is 4. The summed E-state index contributed by atoms with van der Waals surface area (Å²) in [4.78, 5) is 13.6. The molecule has 0 saturated carbocycles. The van der Waals surface area contributed by atoms with E-state index in [4.69, 9.17) is 13.1 Å². The van der Waals surface area contributed by atoms with Crippen molar-refractivity contribution in [1.82, 2.24) is 4.98 Å². The van der Waals surface area contributed by atoms with Crippen molar-refractivity contribution in [3.63, 3.8) is 0 Å². The van der Waals surface area contributed by atoms with E-state index in [1.54, 1.807) is 0 Å². The first kappa shape index (κ1) is 19.4. The minimum atomic E-state index is 0.0127. The predicted molar refractivity (Wildman–Crippen MR) is 117 cm³/mol. The standard InChI is InChI=1S/C23H20N4S/c1-5-27(6-2)19-14-12-17(13-15-19)16-20-21(18-10-8-7-9-11-18)26-23(28-20)22(24-3)25-4/h7-16H,5-6H2,1-2H3. The van der Waals surface area contributed by atoms with Gasteiger partial charge in [0, 0.05) is 24.3 Å². The molecule has 0 amide bonds. The SMILES string of the molecule is [C-]#[N+]C([N+]#[C-])=c1nc(-c2ccccc2)c(=Cc2ccc(N(CC)CC)cc2)s1. The summed E-state index contributed by atoms with van der Waals surface area (Å²) < 4.78 is 1.41. The smallest absolute Gasteiger partial charge is 0.372 e. The minimum Gasteiger partial charge on any atom is -0.372 e. The van der Waals surface area contributed by atoms with Crippen LogP contribution in [0.3, 0.4) is 0 Å². The third kappa shape index (κ3) is 4.11. The molecule has 0 aliphatic carbocycles. The van der Waals surface area contributed by atoms with E-state index in [2.05, 4.69) is 63.8 Å². The lowest BCUT2D eigenvalue weighted by Gasteiger charge is -2.20. The fourth-order valence-corrected chi connectivity index (χ4v) is 3.95. The first-order chi connectivity index (χ1) is 13.7. The van der Waals surface area contributed by atoms with Crippen LogP contribution in [0.15, 0.2) is 54.6 Å². The first-order valence-corrected chi connectivity index (χ1v) is 9.90. The van der Waals surface area contributed by atoms with Gasteiger partial charge in [-0.25, -0.2) is 4.98 Å². The monoisotopic (exact) mass is 384 g/mol. The van der Waals surface area contributed by atoms with Gasteiger partial charge in [0.05, 0.1) is 10.2 Å². The predicted octanol–water partition coefficient (Wildman–Crippen LogP) is 4.39. The molecule has 4 nitrogen and oxygen atoms in total. The summed E-state index contributed by atoms with van der Waals surface area (Å²) in [6.07, 6.45) is 2.07. The Bertz CT molecular complexity index is 1130. The summed E-state index contributed by atoms with van der Waals surface area (Å²) in [5.41, 5.74) is 4.05. The van der Waals surface area contributed by atoms with Gasteiger partial charge in [-0.2, -0.15) is 9.69 Å². The summed E-state index contributed by atoms with van der Waals surface area (Å²) >= 11 is 1.38. The molecule has 0 aliphatic rings. The van der Waals surface area contributed by atoms with E-state index in [0.717, 1.165) is 34.4 Å². The van der Waals surface area contributed by atoms with E-state index in [-0.39, 0.29) is 5.82 Å². The maximum atomic E-state index is 7.23. The molecule has 5 heteroatoms. The normalized spacial score (nSPS) is 10.9. The van der Waals surface area contributed by atoms with Crippen LogP contribution in [0.2, 0.25) is 0 Å². The van der Waals surface area contributed by atoms with E-state index < -0.39 is 0 Å². The van der Waals surface area contributed by atoms with E-state index in [1.165, 1.54) is 17.0 Å². The highest BCUT2D eigenvalue weighted by atomic mass is 32.1. The zero-order valence-corrected chi connectivity index (χ0v) is 16.7. The fraction of sp³-hybridized carbons (Fsp3) is 0.174. The molecule has 2 aromatic carbocycles. The number of thiazole rings is 1. The lowest BCUT2D eigenvalue weighted by atomic mass is 10.1. The van der Waals surface area contributed by atoms with Crippen LogP contribution in [0.1, 0.15) is 19.4 Å². The van der Waals surface area contributed by atoms with Gasteiger partial charge < -0.3 is 4.90 Å². The molecule has 0 aliphatic heterocycles. The van der Waals surface area contributed by atoms with Crippen LogP contribution in [0.5, 0.6) is 0 Å². The van der Waals surface area contributed by atoms with Crippen LogP contribution >= 0.6 is 11.3 Å². The maximum Gasteiger partial charge on any atom is 0.555 e. The molecule has 0 spiro atoms. The van der Waals surface area contributed by atoms with Gasteiger partial charge >= 0.3 is 5.82 Å². The third-order valence-electron chi connectivity index (χ3n) is 4.42. The van der Waals surface area contributed by atoms with Crippen molar-refractivity contribution in [2.75, 3.05) is 18.0 Å². The molecule has 0 saturated heterocycles. The Kier molecular flexibility index (Phi) is 6.22. The van der Waals surface area contributed by atoms with Crippen LogP contribution in [0, 0.1) is 13.1 Å². The van der Waals surface area contributed by atoms with Crippen LogP contribution < -0.4 is 14.1 Å². The summed E-state index contributed by atoms with van der Waals surface area (Å²) in [6, 6.07) is 18.3. The van der Waals surface area contributed by atoms with Crippen molar-refractivity contribution < 1.29 is 0 Å². The van der Waals surface area contributed by atoms with Crippen molar-refractivity contribution in [2.24, 2.45) is 0 Å². The maximum absolute atomic E-state index is 7.23. The van der Waals surface area contributed by atoms with Gasteiger partial charge in [0.1, 0.15) is 13.1 Å². The van der Waals surface area contributed by atoms with Crippen molar-refractivity contribution in [3.8, 4) is 11.3 Å². The molecule has 3 aromatic rings. The second-order valence-corrected chi connectivity index (χ2v) is 7.08.